The second-order valence-corrected chi connectivity index (χ2v) is 4.78. The van der Waals surface area contributed by atoms with E-state index in [4.69, 9.17) is 0 Å². The summed E-state index contributed by atoms with van der Waals surface area (Å²) in [5, 5.41) is 3.08. The summed E-state index contributed by atoms with van der Waals surface area (Å²) in [6.07, 6.45) is 1.46. The Labute approximate surface area is 95.8 Å². The first-order valence-electron chi connectivity index (χ1n) is 6.33. The minimum Gasteiger partial charge on any atom is -0.313 e. The summed E-state index contributed by atoms with van der Waals surface area (Å²) in [5.41, 5.74) is 0. The Morgan fingerprint density at radius 2 is 1.81 bits per heavy atom. The zero-order valence-electron chi connectivity index (χ0n) is 9.95. The second kappa shape index (κ2) is 6.48. The molecule has 0 bridgehead atoms. The highest BCUT2D eigenvalue weighted by Gasteiger charge is 2.35. The highest BCUT2D eigenvalue weighted by molar-refractivity contribution is 4.81. The SMILES string of the molecule is CCCNC(CC(F)(F)F)C1CCCCC1. The summed E-state index contributed by atoms with van der Waals surface area (Å²) in [4.78, 5) is 0. The van der Waals surface area contributed by atoms with E-state index in [1.54, 1.807) is 0 Å². The molecule has 1 unspecified atom stereocenters. The summed E-state index contributed by atoms with van der Waals surface area (Å²) in [5.74, 6) is 0.224. The molecule has 4 heteroatoms. The molecule has 0 spiro atoms. The molecule has 1 saturated carbocycles. The van der Waals surface area contributed by atoms with Crippen molar-refractivity contribution in [3.05, 3.63) is 0 Å². The van der Waals surface area contributed by atoms with Crippen molar-refractivity contribution < 1.29 is 13.2 Å². The maximum absolute atomic E-state index is 12.4. The van der Waals surface area contributed by atoms with Crippen LogP contribution in [0.3, 0.4) is 0 Å². The number of rotatable bonds is 5. The minimum atomic E-state index is -4.04. The van der Waals surface area contributed by atoms with Gasteiger partial charge in [-0.3, -0.25) is 0 Å². The fourth-order valence-electron chi connectivity index (χ4n) is 2.52. The lowest BCUT2D eigenvalue weighted by molar-refractivity contribution is -0.143. The predicted molar refractivity (Wildman–Crippen MR) is 59.3 cm³/mol. The Balaban J connectivity index is 2.47. The average Bonchev–Trinajstić information content (AvgIpc) is 2.24. The molecule has 96 valence electrons. The van der Waals surface area contributed by atoms with Crippen LogP contribution >= 0.6 is 0 Å². The van der Waals surface area contributed by atoms with Crippen molar-refractivity contribution in [2.24, 2.45) is 5.92 Å². The molecule has 0 aromatic rings. The zero-order chi connectivity index (χ0) is 12.0. The van der Waals surface area contributed by atoms with E-state index in [1.165, 1.54) is 6.42 Å². The fourth-order valence-corrected chi connectivity index (χ4v) is 2.52. The molecular formula is C12H22F3N. The van der Waals surface area contributed by atoms with Crippen LogP contribution in [0.1, 0.15) is 51.9 Å². The van der Waals surface area contributed by atoms with Crippen molar-refractivity contribution in [1.29, 1.82) is 0 Å². The van der Waals surface area contributed by atoms with Gasteiger partial charge in [0.15, 0.2) is 0 Å². The standard InChI is InChI=1S/C12H22F3N/c1-2-8-16-11(9-12(13,14)15)10-6-4-3-5-7-10/h10-11,16H,2-9H2,1H3. The van der Waals surface area contributed by atoms with Gasteiger partial charge in [-0.1, -0.05) is 26.2 Å². The second-order valence-electron chi connectivity index (χ2n) is 4.78. The van der Waals surface area contributed by atoms with E-state index in [-0.39, 0.29) is 12.0 Å². The molecule has 1 rings (SSSR count). The number of halogens is 3. The van der Waals surface area contributed by atoms with E-state index >= 15 is 0 Å². The minimum absolute atomic E-state index is 0.224. The summed E-state index contributed by atoms with van der Waals surface area (Å²) >= 11 is 0. The summed E-state index contributed by atoms with van der Waals surface area (Å²) in [6.45, 7) is 2.68. The van der Waals surface area contributed by atoms with E-state index in [0.717, 1.165) is 32.1 Å². The van der Waals surface area contributed by atoms with Crippen molar-refractivity contribution in [1.82, 2.24) is 5.32 Å². The van der Waals surface area contributed by atoms with Gasteiger partial charge in [0.05, 0.1) is 6.42 Å². The fraction of sp³-hybridized carbons (Fsp3) is 1.00. The third-order valence-corrected chi connectivity index (χ3v) is 3.33. The van der Waals surface area contributed by atoms with Crippen molar-refractivity contribution >= 4 is 0 Å². The van der Waals surface area contributed by atoms with Crippen LogP contribution in [-0.4, -0.2) is 18.8 Å². The van der Waals surface area contributed by atoms with E-state index in [1.807, 2.05) is 6.92 Å². The van der Waals surface area contributed by atoms with Gasteiger partial charge in [0.25, 0.3) is 0 Å². The molecule has 0 aromatic carbocycles. The van der Waals surface area contributed by atoms with Gasteiger partial charge >= 0.3 is 6.18 Å². The summed E-state index contributed by atoms with van der Waals surface area (Å²) < 4.78 is 37.3. The maximum Gasteiger partial charge on any atom is 0.390 e. The molecule has 16 heavy (non-hydrogen) atoms. The van der Waals surface area contributed by atoms with Crippen molar-refractivity contribution in [2.45, 2.75) is 64.1 Å². The van der Waals surface area contributed by atoms with E-state index in [9.17, 15) is 13.2 Å². The van der Waals surface area contributed by atoms with E-state index < -0.39 is 12.6 Å². The number of hydrogen-bond donors (Lipinski definition) is 1. The highest BCUT2D eigenvalue weighted by atomic mass is 19.4. The molecule has 0 amide bonds. The number of alkyl halides is 3. The quantitative estimate of drug-likeness (QED) is 0.765. The van der Waals surface area contributed by atoms with Crippen molar-refractivity contribution in [3.63, 3.8) is 0 Å². The number of hydrogen-bond acceptors (Lipinski definition) is 1. The zero-order valence-corrected chi connectivity index (χ0v) is 9.95. The Morgan fingerprint density at radius 3 is 2.31 bits per heavy atom. The first-order chi connectivity index (χ1) is 7.53. The van der Waals surface area contributed by atoms with Gasteiger partial charge in [-0.2, -0.15) is 13.2 Å². The molecule has 0 aliphatic heterocycles. The Hall–Kier alpha value is -0.250. The molecule has 0 radical (unpaired) electrons. The normalized spacial score (nSPS) is 21.0. The van der Waals surface area contributed by atoms with Gasteiger partial charge in [0, 0.05) is 6.04 Å². The van der Waals surface area contributed by atoms with Crippen LogP contribution in [0.15, 0.2) is 0 Å². The largest absolute Gasteiger partial charge is 0.390 e. The Morgan fingerprint density at radius 1 is 1.19 bits per heavy atom. The van der Waals surface area contributed by atoms with Crippen LogP contribution < -0.4 is 5.32 Å². The van der Waals surface area contributed by atoms with Gasteiger partial charge in [-0.05, 0) is 31.7 Å². The lowest BCUT2D eigenvalue weighted by Crippen LogP contribution is -2.41. The van der Waals surface area contributed by atoms with Gasteiger partial charge in [0.2, 0.25) is 0 Å². The predicted octanol–water partition coefficient (Wildman–Crippen LogP) is 3.89. The molecule has 0 aromatic heterocycles. The molecule has 1 aliphatic carbocycles. The highest BCUT2D eigenvalue weighted by Crippen LogP contribution is 2.32. The smallest absolute Gasteiger partial charge is 0.313 e. The van der Waals surface area contributed by atoms with E-state index in [2.05, 4.69) is 5.32 Å². The van der Waals surface area contributed by atoms with Crippen LogP contribution in [0, 0.1) is 5.92 Å². The topological polar surface area (TPSA) is 12.0 Å². The summed E-state index contributed by atoms with van der Waals surface area (Å²) in [7, 11) is 0. The first-order valence-corrected chi connectivity index (χ1v) is 6.33. The monoisotopic (exact) mass is 237 g/mol. The van der Waals surface area contributed by atoms with Gasteiger partial charge in [-0.25, -0.2) is 0 Å². The van der Waals surface area contributed by atoms with Gasteiger partial charge in [-0.15, -0.1) is 0 Å². The summed E-state index contributed by atoms with van der Waals surface area (Å²) in [6, 6.07) is -0.361. The Bertz CT molecular complexity index is 185. The van der Waals surface area contributed by atoms with Gasteiger partial charge in [0.1, 0.15) is 0 Å². The maximum atomic E-state index is 12.4. The van der Waals surface area contributed by atoms with Crippen LogP contribution in [0.25, 0.3) is 0 Å². The molecule has 0 heterocycles. The number of nitrogens with one attached hydrogen (secondary N) is 1. The van der Waals surface area contributed by atoms with Crippen LogP contribution in [0.4, 0.5) is 13.2 Å². The average molecular weight is 237 g/mol. The molecule has 0 saturated heterocycles. The van der Waals surface area contributed by atoms with Crippen LogP contribution in [0.2, 0.25) is 0 Å². The first kappa shape index (κ1) is 13.8. The molecule has 1 aliphatic rings. The molecular weight excluding hydrogens is 215 g/mol. The molecule has 1 atom stereocenters. The van der Waals surface area contributed by atoms with Crippen LogP contribution in [0.5, 0.6) is 0 Å². The molecule has 1 N–H and O–H groups in total. The molecule has 1 fully saturated rings. The molecule has 1 nitrogen and oxygen atoms in total. The van der Waals surface area contributed by atoms with Crippen LogP contribution in [-0.2, 0) is 0 Å². The lowest BCUT2D eigenvalue weighted by Gasteiger charge is -2.31. The van der Waals surface area contributed by atoms with Crippen molar-refractivity contribution in [3.8, 4) is 0 Å². The Kier molecular flexibility index (Phi) is 5.59. The lowest BCUT2D eigenvalue weighted by atomic mass is 9.82. The van der Waals surface area contributed by atoms with Gasteiger partial charge < -0.3 is 5.32 Å². The third kappa shape index (κ3) is 5.19. The van der Waals surface area contributed by atoms with E-state index in [0.29, 0.717) is 6.54 Å². The van der Waals surface area contributed by atoms with Crippen molar-refractivity contribution in [2.75, 3.05) is 6.54 Å². The third-order valence-electron chi connectivity index (χ3n) is 3.33.